The summed E-state index contributed by atoms with van der Waals surface area (Å²) in [5, 5.41) is 9.98. The Hall–Kier alpha value is -2.36. The molecule has 2 aromatic rings. The van der Waals surface area contributed by atoms with E-state index in [0.29, 0.717) is 0 Å². The van der Waals surface area contributed by atoms with Gasteiger partial charge in [0.2, 0.25) is 5.96 Å². The van der Waals surface area contributed by atoms with Crippen LogP contribution in [0.15, 0.2) is 52.7 Å². The van der Waals surface area contributed by atoms with Crippen molar-refractivity contribution in [1.29, 1.82) is 0 Å². The van der Waals surface area contributed by atoms with Crippen LogP contribution in [-0.4, -0.2) is 11.7 Å². The summed E-state index contributed by atoms with van der Waals surface area (Å²) in [6.07, 6.45) is 0. The third kappa shape index (κ3) is 2.42. The molecule has 0 aliphatic heterocycles. The fraction of sp³-hybridized carbons (Fsp3) is 0.0769. The molecule has 0 fully saturated rings. The number of nitrogens with zero attached hydrogens (tertiary/aromatic N) is 2. The van der Waals surface area contributed by atoms with E-state index >= 15 is 0 Å². The van der Waals surface area contributed by atoms with Crippen LogP contribution >= 0.6 is 0 Å². The van der Waals surface area contributed by atoms with Crippen molar-refractivity contribution in [3.8, 4) is 0 Å². The van der Waals surface area contributed by atoms with Gasteiger partial charge in [0.05, 0.1) is 5.71 Å². The van der Waals surface area contributed by atoms with E-state index in [9.17, 15) is 0 Å². The van der Waals surface area contributed by atoms with Crippen LogP contribution in [0.3, 0.4) is 0 Å². The van der Waals surface area contributed by atoms with Crippen molar-refractivity contribution in [2.45, 2.75) is 6.92 Å². The second-order valence-corrected chi connectivity index (χ2v) is 3.74. The predicted octanol–water partition coefficient (Wildman–Crippen LogP) is 1.84. The average Bonchev–Trinajstić information content (AvgIpc) is 2.35. The minimum absolute atomic E-state index is 0.0374. The number of hydrogen-bond acceptors (Lipinski definition) is 2. The van der Waals surface area contributed by atoms with Gasteiger partial charge in [0.1, 0.15) is 0 Å². The van der Waals surface area contributed by atoms with Gasteiger partial charge in [-0.15, -0.1) is 5.10 Å². The molecule has 0 spiro atoms. The summed E-state index contributed by atoms with van der Waals surface area (Å²) in [5.41, 5.74) is 12.3. The van der Waals surface area contributed by atoms with E-state index in [1.807, 2.05) is 31.2 Å². The number of fused-ring (bicyclic) bond motifs is 1. The smallest absolute Gasteiger partial charge is 0.211 e. The van der Waals surface area contributed by atoms with Crippen molar-refractivity contribution in [3.63, 3.8) is 0 Å². The molecule has 0 unspecified atom stereocenters. The fourth-order valence-electron chi connectivity index (χ4n) is 1.73. The highest BCUT2D eigenvalue weighted by atomic mass is 15.3. The predicted molar refractivity (Wildman–Crippen MR) is 72.0 cm³/mol. The first-order valence-corrected chi connectivity index (χ1v) is 5.30. The Balaban J connectivity index is 2.56. The number of benzene rings is 2. The molecule has 0 radical (unpaired) electrons. The SMILES string of the molecule is C/C(=N\N=C(N)N)c1cccc2ccccc12. The van der Waals surface area contributed by atoms with Gasteiger partial charge in [-0.2, -0.15) is 5.10 Å². The third-order valence-corrected chi connectivity index (χ3v) is 2.49. The molecule has 4 nitrogen and oxygen atoms in total. The van der Waals surface area contributed by atoms with Crippen molar-refractivity contribution in [2.75, 3.05) is 0 Å². The number of guanidine groups is 1. The van der Waals surface area contributed by atoms with Gasteiger partial charge < -0.3 is 11.5 Å². The summed E-state index contributed by atoms with van der Waals surface area (Å²) in [7, 11) is 0. The van der Waals surface area contributed by atoms with E-state index in [1.165, 1.54) is 5.39 Å². The molecule has 4 heteroatoms. The van der Waals surface area contributed by atoms with Gasteiger partial charge in [0.15, 0.2) is 0 Å². The van der Waals surface area contributed by atoms with Gasteiger partial charge in [-0.25, -0.2) is 0 Å². The minimum atomic E-state index is -0.0374. The Kier molecular flexibility index (Phi) is 3.05. The van der Waals surface area contributed by atoms with Gasteiger partial charge >= 0.3 is 0 Å². The lowest BCUT2D eigenvalue weighted by molar-refractivity contribution is 1.20. The molecule has 17 heavy (non-hydrogen) atoms. The second kappa shape index (κ2) is 4.65. The zero-order valence-electron chi connectivity index (χ0n) is 9.59. The van der Waals surface area contributed by atoms with E-state index in [0.717, 1.165) is 16.7 Å². The molecule has 86 valence electrons. The van der Waals surface area contributed by atoms with Crippen LogP contribution in [-0.2, 0) is 0 Å². The van der Waals surface area contributed by atoms with Gasteiger partial charge in [0.25, 0.3) is 0 Å². The molecule has 0 amide bonds. The number of rotatable bonds is 2. The van der Waals surface area contributed by atoms with Gasteiger partial charge in [-0.3, -0.25) is 0 Å². The fourth-order valence-corrected chi connectivity index (χ4v) is 1.73. The van der Waals surface area contributed by atoms with Crippen molar-refractivity contribution in [2.24, 2.45) is 21.7 Å². The summed E-state index contributed by atoms with van der Waals surface area (Å²) in [5.74, 6) is -0.0374. The first-order valence-electron chi connectivity index (χ1n) is 5.30. The van der Waals surface area contributed by atoms with E-state index in [4.69, 9.17) is 11.5 Å². The van der Waals surface area contributed by atoms with Crippen LogP contribution in [0.4, 0.5) is 0 Å². The topological polar surface area (TPSA) is 76.8 Å². The molecule has 2 aromatic carbocycles. The molecule has 0 saturated heterocycles. The van der Waals surface area contributed by atoms with Crippen molar-refractivity contribution in [1.82, 2.24) is 0 Å². The Morgan fingerprint density at radius 2 is 1.65 bits per heavy atom. The van der Waals surface area contributed by atoms with Gasteiger partial charge in [-0.1, -0.05) is 42.5 Å². The highest BCUT2D eigenvalue weighted by Crippen LogP contribution is 2.19. The quantitative estimate of drug-likeness (QED) is 0.465. The van der Waals surface area contributed by atoms with Crippen molar-refractivity contribution < 1.29 is 0 Å². The van der Waals surface area contributed by atoms with Crippen molar-refractivity contribution in [3.05, 3.63) is 48.0 Å². The summed E-state index contributed by atoms with van der Waals surface area (Å²) >= 11 is 0. The van der Waals surface area contributed by atoms with Crippen LogP contribution in [0.2, 0.25) is 0 Å². The van der Waals surface area contributed by atoms with Crippen LogP contribution < -0.4 is 11.5 Å². The molecule has 0 aliphatic rings. The van der Waals surface area contributed by atoms with Crippen LogP contribution in [0.25, 0.3) is 10.8 Å². The Morgan fingerprint density at radius 1 is 0.941 bits per heavy atom. The molecule has 0 bridgehead atoms. The molecule has 0 atom stereocenters. The van der Waals surface area contributed by atoms with Crippen LogP contribution in [0.5, 0.6) is 0 Å². The molecular weight excluding hydrogens is 212 g/mol. The zero-order chi connectivity index (χ0) is 12.3. The summed E-state index contributed by atoms with van der Waals surface area (Å²) < 4.78 is 0. The summed E-state index contributed by atoms with van der Waals surface area (Å²) in [4.78, 5) is 0. The summed E-state index contributed by atoms with van der Waals surface area (Å²) in [6, 6.07) is 14.2. The molecule has 0 heterocycles. The van der Waals surface area contributed by atoms with Gasteiger partial charge in [0, 0.05) is 5.56 Å². The summed E-state index contributed by atoms with van der Waals surface area (Å²) in [6.45, 7) is 1.88. The maximum atomic E-state index is 5.25. The lowest BCUT2D eigenvalue weighted by atomic mass is 10.0. The van der Waals surface area contributed by atoms with E-state index in [-0.39, 0.29) is 5.96 Å². The third-order valence-electron chi connectivity index (χ3n) is 2.49. The molecule has 0 saturated carbocycles. The highest BCUT2D eigenvalue weighted by molar-refractivity contribution is 6.09. The molecular formula is C13H14N4. The molecule has 4 N–H and O–H groups in total. The first-order chi connectivity index (χ1) is 8.18. The monoisotopic (exact) mass is 226 g/mol. The Labute approximate surface area is 99.6 Å². The van der Waals surface area contributed by atoms with E-state index in [1.54, 1.807) is 0 Å². The zero-order valence-corrected chi connectivity index (χ0v) is 9.59. The Morgan fingerprint density at radius 3 is 2.41 bits per heavy atom. The molecule has 2 rings (SSSR count). The Bertz CT molecular complexity index is 590. The maximum absolute atomic E-state index is 5.25. The lowest BCUT2D eigenvalue weighted by Gasteiger charge is -2.04. The first kappa shape index (κ1) is 11.1. The van der Waals surface area contributed by atoms with Crippen molar-refractivity contribution >= 4 is 22.4 Å². The van der Waals surface area contributed by atoms with Gasteiger partial charge in [-0.05, 0) is 17.7 Å². The number of nitrogens with two attached hydrogens (primary N) is 2. The molecule has 0 aliphatic carbocycles. The average molecular weight is 226 g/mol. The molecule has 0 aromatic heterocycles. The van der Waals surface area contributed by atoms with E-state index in [2.05, 4.69) is 28.4 Å². The standard InChI is InChI=1S/C13H14N4/c1-9(16-17-13(14)15)11-8-4-6-10-5-2-3-7-12(10)11/h2-8H,1H3,(H4,14,15,17)/b16-9+. The minimum Gasteiger partial charge on any atom is -0.369 e. The highest BCUT2D eigenvalue weighted by Gasteiger charge is 2.02. The lowest BCUT2D eigenvalue weighted by Crippen LogP contribution is -2.22. The normalized spacial score (nSPS) is 11.5. The van der Waals surface area contributed by atoms with Crippen LogP contribution in [0.1, 0.15) is 12.5 Å². The maximum Gasteiger partial charge on any atom is 0.211 e. The largest absolute Gasteiger partial charge is 0.369 e. The second-order valence-electron chi connectivity index (χ2n) is 3.74. The van der Waals surface area contributed by atoms with Crippen LogP contribution in [0, 0.1) is 0 Å². The van der Waals surface area contributed by atoms with E-state index < -0.39 is 0 Å². The number of hydrogen-bond donors (Lipinski definition) is 2.